The summed E-state index contributed by atoms with van der Waals surface area (Å²) >= 11 is 3.52. The van der Waals surface area contributed by atoms with Gasteiger partial charge in [-0.3, -0.25) is 9.59 Å². The quantitative estimate of drug-likeness (QED) is 0.632. The molecule has 2 bridgehead atoms. The molecule has 0 aromatic heterocycles. The molecule has 2 aliphatic rings. The summed E-state index contributed by atoms with van der Waals surface area (Å²) in [7, 11) is 1.79. The summed E-state index contributed by atoms with van der Waals surface area (Å²) < 4.78 is 0.872. The van der Waals surface area contributed by atoms with E-state index in [1.807, 2.05) is 65.6 Å². The lowest BCUT2D eigenvalue weighted by Gasteiger charge is -2.28. The van der Waals surface area contributed by atoms with Crippen molar-refractivity contribution in [1.82, 2.24) is 4.90 Å². The summed E-state index contributed by atoms with van der Waals surface area (Å²) in [6, 6.07) is 17.5. The van der Waals surface area contributed by atoms with E-state index in [0.717, 1.165) is 26.9 Å². The third-order valence-electron chi connectivity index (χ3n) is 5.84. The van der Waals surface area contributed by atoms with Crippen LogP contribution in [-0.4, -0.2) is 29.8 Å². The minimum absolute atomic E-state index is 0.0376. The average Bonchev–Trinajstić information content (AvgIpc) is 2.85. The Morgan fingerprint density at radius 3 is 2.59 bits per heavy atom. The number of anilines is 1. The Morgan fingerprint density at radius 2 is 1.86 bits per heavy atom. The summed E-state index contributed by atoms with van der Waals surface area (Å²) in [5.74, 6) is -0.155. The number of nitrogens with zero attached hydrogens (tertiary/aromatic N) is 2. The number of fused-ring (bicyclic) bond motifs is 2. The van der Waals surface area contributed by atoms with Crippen LogP contribution in [0.3, 0.4) is 0 Å². The normalized spacial score (nSPS) is 21.0. The molecule has 4 nitrogen and oxygen atoms in total. The smallest absolute Gasteiger partial charge is 0.253 e. The van der Waals surface area contributed by atoms with Gasteiger partial charge in [0.15, 0.2) is 0 Å². The molecule has 2 aromatic carbocycles. The molecule has 1 aliphatic carbocycles. The molecule has 4 rings (SSSR count). The molecular formula is C24H23BrN2O2. The van der Waals surface area contributed by atoms with Crippen molar-refractivity contribution < 1.29 is 9.59 Å². The van der Waals surface area contributed by atoms with Crippen molar-refractivity contribution in [3.05, 3.63) is 88.4 Å². The number of carbonyl (C=O) groups is 2. The summed E-state index contributed by atoms with van der Waals surface area (Å²) in [6.45, 7) is 4.77. The van der Waals surface area contributed by atoms with Crippen molar-refractivity contribution in [2.45, 2.75) is 25.4 Å². The Labute approximate surface area is 179 Å². The van der Waals surface area contributed by atoms with Crippen LogP contribution >= 0.6 is 15.9 Å². The minimum Gasteiger partial charge on any atom is -0.331 e. The van der Waals surface area contributed by atoms with Crippen LogP contribution in [0.25, 0.3) is 0 Å². The molecule has 1 aliphatic heterocycles. The van der Waals surface area contributed by atoms with Crippen molar-refractivity contribution >= 4 is 33.4 Å². The minimum atomic E-state index is -0.234. The van der Waals surface area contributed by atoms with E-state index < -0.39 is 0 Å². The molecule has 1 fully saturated rings. The van der Waals surface area contributed by atoms with E-state index >= 15 is 0 Å². The SMILES string of the molecule is C=C1[C@@H]2CC=C(C(=O)N(C)c3ccccc3Br)C[C@H]1N(Cc1ccccc1)C2=O. The van der Waals surface area contributed by atoms with Gasteiger partial charge in [-0.25, -0.2) is 0 Å². The van der Waals surface area contributed by atoms with Crippen LogP contribution in [0.15, 0.2) is 82.9 Å². The number of likely N-dealkylation sites (tertiary alicyclic amines) is 1. The molecule has 0 spiro atoms. The molecule has 0 unspecified atom stereocenters. The molecule has 2 atom stereocenters. The highest BCUT2D eigenvalue weighted by Gasteiger charge is 2.44. The second kappa shape index (κ2) is 7.99. The zero-order chi connectivity index (χ0) is 20.5. The van der Waals surface area contributed by atoms with E-state index in [4.69, 9.17) is 0 Å². The summed E-state index contributed by atoms with van der Waals surface area (Å²) in [5, 5.41) is 0. The van der Waals surface area contributed by atoms with Gasteiger partial charge in [0.1, 0.15) is 0 Å². The van der Waals surface area contributed by atoms with Crippen molar-refractivity contribution in [2.75, 3.05) is 11.9 Å². The first-order chi connectivity index (χ1) is 14.0. The molecule has 2 amide bonds. The number of carbonyl (C=O) groups excluding carboxylic acids is 2. The van der Waals surface area contributed by atoms with Gasteiger partial charge in [0.05, 0.1) is 17.6 Å². The Morgan fingerprint density at radius 1 is 1.17 bits per heavy atom. The van der Waals surface area contributed by atoms with E-state index in [1.54, 1.807) is 11.9 Å². The average molecular weight is 451 g/mol. The fourth-order valence-electron chi connectivity index (χ4n) is 4.18. The molecule has 1 saturated heterocycles. The number of para-hydroxylation sites is 1. The van der Waals surface area contributed by atoms with E-state index in [1.165, 1.54) is 0 Å². The largest absolute Gasteiger partial charge is 0.331 e. The van der Waals surface area contributed by atoms with E-state index in [9.17, 15) is 9.59 Å². The molecule has 148 valence electrons. The van der Waals surface area contributed by atoms with Crippen molar-refractivity contribution in [3.8, 4) is 0 Å². The fourth-order valence-corrected chi connectivity index (χ4v) is 4.73. The van der Waals surface area contributed by atoms with E-state index in [-0.39, 0.29) is 23.8 Å². The van der Waals surface area contributed by atoms with Crippen LogP contribution in [0.2, 0.25) is 0 Å². The standard InChI is InChI=1S/C24H23BrN2O2/c1-16-19-13-12-18(23(28)26(2)21-11-7-6-10-20(21)25)14-22(16)27(24(19)29)15-17-8-4-3-5-9-17/h3-12,19,22H,1,13-15H2,2H3/t19-,22+/m0/s1. The Bertz CT molecular complexity index is 999. The molecule has 0 saturated carbocycles. The molecule has 2 aromatic rings. The van der Waals surface area contributed by atoms with Gasteiger partial charge in [0.2, 0.25) is 5.91 Å². The lowest BCUT2D eigenvalue weighted by atomic mass is 9.97. The first kappa shape index (κ1) is 19.6. The predicted octanol–water partition coefficient (Wildman–Crippen LogP) is 4.72. The summed E-state index contributed by atoms with van der Waals surface area (Å²) in [5.41, 5.74) is 3.57. The first-order valence-electron chi connectivity index (χ1n) is 9.72. The first-order valence-corrected chi connectivity index (χ1v) is 10.5. The number of likely N-dealkylation sites (N-methyl/N-ethyl adjacent to an activating group) is 1. The zero-order valence-corrected chi connectivity index (χ0v) is 17.9. The maximum Gasteiger partial charge on any atom is 0.253 e. The van der Waals surface area contributed by atoms with Gasteiger partial charge in [-0.2, -0.15) is 0 Å². The predicted molar refractivity (Wildman–Crippen MR) is 118 cm³/mol. The van der Waals surface area contributed by atoms with Crippen molar-refractivity contribution in [2.24, 2.45) is 5.92 Å². The van der Waals surface area contributed by atoms with Gasteiger partial charge in [0, 0.05) is 30.1 Å². The monoisotopic (exact) mass is 450 g/mol. The molecule has 1 heterocycles. The highest BCUT2D eigenvalue weighted by Crippen LogP contribution is 2.40. The van der Waals surface area contributed by atoms with Crippen LogP contribution < -0.4 is 4.90 Å². The second-order valence-corrected chi connectivity index (χ2v) is 8.43. The number of amides is 2. The van der Waals surface area contributed by atoms with Gasteiger partial charge < -0.3 is 9.80 Å². The van der Waals surface area contributed by atoms with Crippen molar-refractivity contribution in [3.63, 3.8) is 0 Å². The van der Waals surface area contributed by atoms with Crippen LogP contribution in [0.5, 0.6) is 0 Å². The lowest BCUT2D eigenvalue weighted by molar-refractivity contribution is -0.132. The third kappa shape index (κ3) is 3.67. The molecule has 29 heavy (non-hydrogen) atoms. The second-order valence-electron chi connectivity index (χ2n) is 7.58. The Balaban J connectivity index is 1.58. The van der Waals surface area contributed by atoms with Crippen LogP contribution in [-0.2, 0) is 16.1 Å². The third-order valence-corrected chi connectivity index (χ3v) is 6.51. The lowest BCUT2D eigenvalue weighted by Crippen LogP contribution is -2.37. The van der Waals surface area contributed by atoms with E-state index in [2.05, 4.69) is 22.5 Å². The van der Waals surface area contributed by atoms with Crippen LogP contribution in [0.1, 0.15) is 18.4 Å². The number of benzene rings is 2. The van der Waals surface area contributed by atoms with Gasteiger partial charge in [0.25, 0.3) is 5.91 Å². The summed E-state index contributed by atoms with van der Waals surface area (Å²) in [4.78, 5) is 29.8. The van der Waals surface area contributed by atoms with Gasteiger partial charge in [-0.1, -0.05) is 55.1 Å². The number of allylic oxidation sites excluding steroid dienone is 1. The number of rotatable bonds is 4. The highest BCUT2D eigenvalue weighted by atomic mass is 79.9. The number of halogens is 1. The van der Waals surface area contributed by atoms with E-state index in [0.29, 0.717) is 19.4 Å². The fraction of sp³-hybridized carbons (Fsp3) is 0.250. The molecule has 0 radical (unpaired) electrons. The number of hydrogen-bond donors (Lipinski definition) is 0. The molecular weight excluding hydrogens is 428 g/mol. The van der Waals surface area contributed by atoms with Crippen molar-refractivity contribution in [1.29, 1.82) is 0 Å². The van der Waals surface area contributed by atoms with Gasteiger partial charge in [-0.15, -0.1) is 0 Å². The highest BCUT2D eigenvalue weighted by molar-refractivity contribution is 9.10. The van der Waals surface area contributed by atoms with Crippen LogP contribution in [0.4, 0.5) is 5.69 Å². The molecule has 0 N–H and O–H groups in total. The van der Waals surface area contributed by atoms with Crippen LogP contribution in [0, 0.1) is 5.92 Å². The van der Waals surface area contributed by atoms with Gasteiger partial charge in [-0.05, 0) is 45.6 Å². The number of hydrogen-bond acceptors (Lipinski definition) is 2. The molecule has 5 heteroatoms. The summed E-state index contributed by atoms with van der Waals surface area (Å²) in [6.07, 6.45) is 2.97. The maximum atomic E-state index is 13.2. The van der Waals surface area contributed by atoms with Gasteiger partial charge >= 0.3 is 0 Å². The zero-order valence-electron chi connectivity index (χ0n) is 16.3. The Hall–Kier alpha value is -2.66. The maximum absolute atomic E-state index is 13.2. The topological polar surface area (TPSA) is 40.6 Å². The Kier molecular flexibility index (Phi) is 5.41.